The molecule has 5 rings (SSSR count). The molecule has 3 aromatic rings. The molecule has 2 heterocycles. The van der Waals surface area contributed by atoms with Gasteiger partial charge in [0, 0.05) is 22.8 Å². The van der Waals surface area contributed by atoms with Gasteiger partial charge in [-0.05, 0) is 69.4 Å². The van der Waals surface area contributed by atoms with Gasteiger partial charge in [-0.25, -0.2) is 4.79 Å². The highest BCUT2D eigenvalue weighted by Crippen LogP contribution is 2.34. The number of hydrogen-bond donors (Lipinski definition) is 1. The third-order valence-corrected chi connectivity index (χ3v) is 5.91. The summed E-state index contributed by atoms with van der Waals surface area (Å²) < 4.78 is 16.3. The fourth-order valence-corrected chi connectivity index (χ4v) is 4.26. The zero-order valence-corrected chi connectivity index (χ0v) is 18.1. The first-order valence-electron chi connectivity index (χ1n) is 10.8. The Morgan fingerprint density at radius 1 is 1.06 bits per heavy atom. The highest BCUT2D eigenvalue weighted by atomic mass is 16.7. The molecule has 1 N–H and O–H groups in total. The van der Waals surface area contributed by atoms with Gasteiger partial charge in [0.15, 0.2) is 17.6 Å². The summed E-state index contributed by atoms with van der Waals surface area (Å²) in [6.07, 6.45) is 2.72. The van der Waals surface area contributed by atoms with Crippen LogP contribution in [0.3, 0.4) is 0 Å². The molecule has 7 nitrogen and oxygen atoms in total. The number of nitrogens with one attached hydrogen (secondary N) is 1. The first-order valence-corrected chi connectivity index (χ1v) is 10.8. The summed E-state index contributed by atoms with van der Waals surface area (Å²) in [6.45, 7) is 3.71. The number of carbonyl (C=O) groups is 2. The first kappa shape index (κ1) is 20.3. The molecule has 0 spiro atoms. The maximum Gasteiger partial charge on any atom is 0.339 e. The molecule has 32 heavy (non-hydrogen) atoms. The molecule has 164 valence electrons. The number of hydrogen-bond acceptors (Lipinski definition) is 6. The summed E-state index contributed by atoms with van der Waals surface area (Å²) in [5.41, 5.74) is 4.80. The van der Waals surface area contributed by atoms with E-state index in [2.05, 4.69) is 5.32 Å². The van der Waals surface area contributed by atoms with E-state index in [1.54, 1.807) is 25.1 Å². The van der Waals surface area contributed by atoms with Crippen LogP contribution in [0.15, 0.2) is 36.4 Å². The highest BCUT2D eigenvalue weighted by molar-refractivity contribution is 6.06. The quantitative estimate of drug-likeness (QED) is 0.618. The molecule has 0 saturated heterocycles. The lowest BCUT2D eigenvalue weighted by Gasteiger charge is -2.21. The number of anilines is 1. The number of fused-ring (bicyclic) bond motifs is 3. The number of nitrogens with zero attached hydrogens (tertiary/aromatic N) is 1. The van der Waals surface area contributed by atoms with Crippen molar-refractivity contribution in [2.24, 2.45) is 0 Å². The van der Waals surface area contributed by atoms with E-state index >= 15 is 0 Å². The zero-order valence-electron chi connectivity index (χ0n) is 18.1. The van der Waals surface area contributed by atoms with Crippen LogP contribution >= 0.6 is 0 Å². The van der Waals surface area contributed by atoms with E-state index in [1.807, 2.05) is 25.1 Å². The van der Waals surface area contributed by atoms with Crippen molar-refractivity contribution in [3.8, 4) is 11.5 Å². The molecule has 2 aromatic carbocycles. The molecule has 2 aliphatic rings. The predicted molar refractivity (Wildman–Crippen MR) is 119 cm³/mol. The molecule has 0 radical (unpaired) electrons. The van der Waals surface area contributed by atoms with Crippen LogP contribution in [0, 0.1) is 6.92 Å². The van der Waals surface area contributed by atoms with Gasteiger partial charge in [-0.1, -0.05) is 11.6 Å². The fourth-order valence-electron chi connectivity index (χ4n) is 4.26. The summed E-state index contributed by atoms with van der Waals surface area (Å²) in [4.78, 5) is 30.8. The minimum Gasteiger partial charge on any atom is -0.454 e. The summed E-state index contributed by atoms with van der Waals surface area (Å²) in [5, 5.41) is 3.55. The van der Waals surface area contributed by atoms with Gasteiger partial charge in [-0.2, -0.15) is 0 Å². The second kappa shape index (κ2) is 8.15. The number of aromatic nitrogens is 1. The van der Waals surface area contributed by atoms with Gasteiger partial charge in [-0.3, -0.25) is 9.78 Å². The Bertz CT molecular complexity index is 1240. The minimum atomic E-state index is -0.972. The van der Waals surface area contributed by atoms with Crippen molar-refractivity contribution in [3.63, 3.8) is 0 Å². The van der Waals surface area contributed by atoms with E-state index in [0.717, 1.165) is 53.4 Å². The molecular weight excluding hydrogens is 408 g/mol. The van der Waals surface area contributed by atoms with Crippen molar-refractivity contribution in [3.05, 3.63) is 58.8 Å². The number of benzene rings is 2. The Kier molecular flexibility index (Phi) is 5.17. The van der Waals surface area contributed by atoms with E-state index in [1.165, 1.54) is 0 Å². The van der Waals surface area contributed by atoms with Crippen molar-refractivity contribution in [1.29, 1.82) is 0 Å². The van der Waals surface area contributed by atoms with E-state index in [-0.39, 0.29) is 6.79 Å². The second-order valence-corrected chi connectivity index (χ2v) is 8.24. The number of amides is 1. The number of rotatable bonds is 4. The van der Waals surface area contributed by atoms with Crippen molar-refractivity contribution < 1.29 is 23.8 Å². The average Bonchev–Trinajstić information content (AvgIpc) is 3.25. The molecule has 0 bridgehead atoms. The molecule has 1 aromatic heterocycles. The van der Waals surface area contributed by atoms with Gasteiger partial charge in [0.2, 0.25) is 6.79 Å². The minimum absolute atomic E-state index is 0.157. The molecule has 1 unspecified atom stereocenters. The molecule has 0 saturated carbocycles. The average molecular weight is 432 g/mol. The Hall–Kier alpha value is -3.61. The van der Waals surface area contributed by atoms with Gasteiger partial charge in [0.25, 0.3) is 5.91 Å². The lowest BCUT2D eigenvalue weighted by atomic mass is 9.89. The Labute approximate surface area is 185 Å². The SMILES string of the molecule is Cc1ccc2nc3c(c(C(=O)OC(C)C(=O)Nc4ccc5c(c4)OCO5)c2c1)CCCC3. The summed E-state index contributed by atoms with van der Waals surface area (Å²) in [7, 11) is 0. The van der Waals surface area contributed by atoms with E-state index in [4.69, 9.17) is 19.2 Å². The van der Waals surface area contributed by atoms with Gasteiger partial charge in [-0.15, -0.1) is 0 Å². The van der Waals surface area contributed by atoms with Gasteiger partial charge in [0.05, 0.1) is 11.1 Å². The number of ether oxygens (including phenoxy) is 3. The molecular formula is C25H24N2O5. The molecule has 1 atom stereocenters. The second-order valence-electron chi connectivity index (χ2n) is 8.24. The molecule has 0 fully saturated rings. The van der Waals surface area contributed by atoms with Crippen LogP contribution < -0.4 is 14.8 Å². The topological polar surface area (TPSA) is 86.8 Å². The normalized spacial score (nSPS) is 15.2. The number of pyridine rings is 1. The Morgan fingerprint density at radius 3 is 2.75 bits per heavy atom. The third-order valence-electron chi connectivity index (χ3n) is 5.91. The summed E-state index contributed by atoms with van der Waals surface area (Å²) in [5.74, 6) is 0.292. The molecule has 7 heteroatoms. The van der Waals surface area contributed by atoms with Crippen LogP contribution in [0.5, 0.6) is 11.5 Å². The van der Waals surface area contributed by atoms with Crippen LogP contribution in [0.2, 0.25) is 0 Å². The lowest BCUT2D eigenvalue weighted by molar-refractivity contribution is -0.123. The summed E-state index contributed by atoms with van der Waals surface area (Å²) >= 11 is 0. The number of esters is 1. The highest BCUT2D eigenvalue weighted by Gasteiger charge is 2.27. The van der Waals surface area contributed by atoms with Crippen LogP contribution in [0.25, 0.3) is 10.9 Å². The van der Waals surface area contributed by atoms with Crippen LogP contribution in [0.4, 0.5) is 5.69 Å². The lowest BCUT2D eigenvalue weighted by Crippen LogP contribution is -2.30. The monoisotopic (exact) mass is 432 g/mol. The maximum atomic E-state index is 13.3. The van der Waals surface area contributed by atoms with Crippen molar-refractivity contribution >= 4 is 28.5 Å². The largest absolute Gasteiger partial charge is 0.454 e. The molecule has 1 aliphatic carbocycles. The van der Waals surface area contributed by atoms with Crippen LogP contribution in [0.1, 0.15) is 46.9 Å². The number of carbonyl (C=O) groups excluding carboxylic acids is 2. The summed E-state index contributed by atoms with van der Waals surface area (Å²) in [6, 6.07) is 11.0. The van der Waals surface area contributed by atoms with Gasteiger partial charge < -0.3 is 19.5 Å². The fraction of sp³-hybridized carbons (Fsp3) is 0.320. The zero-order chi connectivity index (χ0) is 22.2. The maximum absolute atomic E-state index is 13.3. The van der Waals surface area contributed by atoms with Crippen molar-refractivity contribution in [1.82, 2.24) is 4.98 Å². The van der Waals surface area contributed by atoms with Crippen molar-refractivity contribution in [2.45, 2.75) is 45.6 Å². The molecule has 1 amide bonds. The van der Waals surface area contributed by atoms with Gasteiger partial charge >= 0.3 is 5.97 Å². The number of aryl methyl sites for hydroxylation is 2. The standard InChI is InChI=1S/C25H24N2O5/c1-14-7-9-20-18(11-14)23(17-5-3-4-6-19(17)27-20)25(29)32-15(2)24(28)26-16-8-10-21-22(12-16)31-13-30-21/h7-12,15H,3-6,13H2,1-2H3,(H,26,28). The molecule has 1 aliphatic heterocycles. The van der Waals surface area contributed by atoms with E-state index < -0.39 is 18.0 Å². The smallest absolute Gasteiger partial charge is 0.339 e. The van der Waals surface area contributed by atoms with Crippen LogP contribution in [-0.2, 0) is 22.4 Å². The predicted octanol–water partition coefficient (Wildman–Crippen LogP) is 4.33. The van der Waals surface area contributed by atoms with Crippen LogP contribution in [-0.4, -0.2) is 29.8 Å². The first-order chi connectivity index (χ1) is 15.5. The van der Waals surface area contributed by atoms with E-state index in [0.29, 0.717) is 22.7 Å². The Morgan fingerprint density at radius 2 is 1.88 bits per heavy atom. The van der Waals surface area contributed by atoms with Crippen molar-refractivity contribution in [2.75, 3.05) is 12.1 Å². The Balaban J connectivity index is 1.39. The third kappa shape index (κ3) is 3.75. The van der Waals surface area contributed by atoms with Gasteiger partial charge in [0.1, 0.15) is 0 Å². The van der Waals surface area contributed by atoms with E-state index in [9.17, 15) is 9.59 Å².